The lowest BCUT2D eigenvalue weighted by atomic mass is 10.2. The molecule has 2 rings (SSSR count). The number of nitrogens with two attached hydrogens (primary N) is 1. The van der Waals surface area contributed by atoms with Crippen molar-refractivity contribution in [1.82, 2.24) is 4.98 Å². The van der Waals surface area contributed by atoms with Crippen molar-refractivity contribution in [3.8, 4) is 0 Å². The molecule has 0 radical (unpaired) electrons. The lowest BCUT2D eigenvalue weighted by molar-refractivity contribution is 1.40. The number of pyridine rings is 1. The van der Waals surface area contributed by atoms with Crippen LogP contribution in [0.4, 0.5) is 5.69 Å². The largest absolute Gasteiger partial charge is 0.397 e. The van der Waals surface area contributed by atoms with E-state index in [1.807, 2.05) is 18.2 Å². The number of hydrogen-bond acceptors (Lipinski definition) is 2. The summed E-state index contributed by atoms with van der Waals surface area (Å²) in [5, 5.41) is 1.71. The second-order valence-corrected chi connectivity index (χ2v) is 4.20. The summed E-state index contributed by atoms with van der Waals surface area (Å²) in [6.45, 7) is 0. The quantitative estimate of drug-likeness (QED) is 0.760. The van der Waals surface area contributed by atoms with Gasteiger partial charge in [-0.2, -0.15) is 0 Å². The fourth-order valence-corrected chi connectivity index (χ4v) is 1.89. The number of rotatable bonds is 0. The predicted octanol–water partition coefficient (Wildman–Crippen LogP) is 3.08. The lowest BCUT2D eigenvalue weighted by Gasteiger charge is -2.02. The summed E-state index contributed by atoms with van der Waals surface area (Å²) in [4.78, 5) is 4.19. The molecule has 0 amide bonds. The molecule has 0 aliphatic rings. The zero-order valence-electron chi connectivity index (χ0n) is 6.59. The van der Waals surface area contributed by atoms with Gasteiger partial charge in [0.1, 0.15) is 0 Å². The number of hydrogen-bond donors (Lipinski definition) is 1. The third kappa shape index (κ3) is 1.58. The molecule has 2 N–H and O–H groups in total. The Bertz CT molecular complexity index is 465. The highest BCUT2D eigenvalue weighted by Gasteiger charge is 2.03. The molecule has 66 valence electrons. The summed E-state index contributed by atoms with van der Waals surface area (Å²) >= 11 is 8.07. The molecule has 0 aliphatic heterocycles. The van der Waals surface area contributed by atoms with Crippen molar-refractivity contribution in [1.29, 1.82) is 0 Å². The maximum Gasteiger partial charge on any atom is 0.0715 e. The molecular formula is C9H6ClIN2. The lowest BCUT2D eigenvalue weighted by Crippen LogP contribution is -1.92. The van der Waals surface area contributed by atoms with Gasteiger partial charge in [0.2, 0.25) is 0 Å². The summed E-state index contributed by atoms with van der Waals surface area (Å²) in [6, 6.07) is 5.59. The molecule has 1 aromatic carbocycles. The molecule has 1 heterocycles. The maximum atomic E-state index is 5.87. The molecule has 13 heavy (non-hydrogen) atoms. The van der Waals surface area contributed by atoms with E-state index in [0.717, 1.165) is 14.5 Å². The molecule has 0 saturated heterocycles. The van der Waals surface area contributed by atoms with Crippen molar-refractivity contribution in [3.63, 3.8) is 0 Å². The Morgan fingerprint density at radius 1 is 1.38 bits per heavy atom. The Morgan fingerprint density at radius 2 is 2.15 bits per heavy atom. The Hall–Kier alpha value is -0.550. The number of nitrogens with zero attached hydrogens (tertiary/aromatic N) is 1. The topological polar surface area (TPSA) is 38.9 Å². The highest BCUT2D eigenvalue weighted by atomic mass is 127. The van der Waals surface area contributed by atoms with Crippen molar-refractivity contribution in [2.75, 3.05) is 5.73 Å². The fourth-order valence-electron chi connectivity index (χ4n) is 1.15. The molecule has 0 aliphatic carbocycles. The van der Waals surface area contributed by atoms with Crippen LogP contribution < -0.4 is 5.73 Å². The molecule has 0 spiro atoms. The molecule has 0 bridgehead atoms. The Morgan fingerprint density at radius 3 is 2.92 bits per heavy atom. The molecule has 1 aromatic heterocycles. The zero-order chi connectivity index (χ0) is 9.42. The van der Waals surface area contributed by atoms with Crippen molar-refractivity contribution in [2.45, 2.75) is 0 Å². The van der Waals surface area contributed by atoms with Crippen LogP contribution in [0.3, 0.4) is 0 Å². The van der Waals surface area contributed by atoms with Gasteiger partial charge in [0, 0.05) is 14.0 Å². The zero-order valence-corrected chi connectivity index (χ0v) is 9.50. The average molecular weight is 305 g/mol. The van der Waals surface area contributed by atoms with Gasteiger partial charge in [0.05, 0.1) is 17.4 Å². The minimum atomic E-state index is 0.690. The number of nitrogen functional groups attached to an aromatic ring is 1. The highest BCUT2D eigenvalue weighted by Crippen LogP contribution is 2.26. The molecule has 4 heteroatoms. The highest BCUT2D eigenvalue weighted by molar-refractivity contribution is 14.1. The SMILES string of the molecule is Nc1cnc2ccc(Cl)cc2c1I. The van der Waals surface area contributed by atoms with Crippen molar-refractivity contribution in [2.24, 2.45) is 0 Å². The van der Waals surface area contributed by atoms with Crippen LogP contribution in [-0.2, 0) is 0 Å². The van der Waals surface area contributed by atoms with Gasteiger partial charge < -0.3 is 5.73 Å². The first-order valence-electron chi connectivity index (χ1n) is 3.68. The van der Waals surface area contributed by atoms with E-state index in [0.29, 0.717) is 10.7 Å². The molecule has 2 nitrogen and oxygen atoms in total. The molecule has 0 saturated carbocycles. The Labute approximate surface area is 94.2 Å². The van der Waals surface area contributed by atoms with Gasteiger partial charge in [-0.25, -0.2) is 0 Å². The van der Waals surface area contributed by atoms with Crippen molar-refractivity contribution >= 4 is 50.8 Å². The van der Waals surface area contributed by atoms with E-state index in [1.165, 1.54) is 0 Å². The van der Waals surface area contributed by atoms with E-state index >= 15 is 0 Å². The van der Waals surface area contributed by atoms with Crippen LogP contribution in [0, 0.1) is 3.57 Å². The average Bonchev–Trinajstić information content (AvgIpc) is 2.12. The van der Waals surface area contributed by atoms with E-state index in [1.54, 1.807) is 6.20 Å². The fraction of sp³-hybridized carbons (Fsp3) is 0. The summed E-state index contributed by atoms with van der Waals surface area (Å²) in [5.74, 6) is 0. The van der Waals surface area contributed by atoms with E-state index in [-0.39, 0.29) is 0 Å². The molecule has 0 atom stereocenters. The van der Waals surface area contributed by atoms with Crippen LogP contribution in [0.1, 0.15) is 0 Å². The van der Waals surface area contributed by atoms with Crippen LogP contribution in [0.25, 0.3) is 10.9 Å². The van der Waals surface area contributed by atoms with Gasteiger partial charge in [0.15, 0.2) is 0 Å². The molecule has 2 aromatic rings. The van der Waals surface area contributed by atoms with Crippen LogP contribution in [0.2, 0.25) is 5.02 Å². The van der Waals surface area contributed by atoms with Gasteiger partial charge in [0.25, 0.3) is 0 Å². The first-order valence-corrected chi connectivity index (χ1v) is 5.13. The third-order valence-corrected chi connectivity index (χ3v) is 3.23. The van der Waals surface area contributed by atoms with E-state index in [2.05, 4.69) is 27.6 Å². The summed E-state index contributed by atoms with van der Waals surface area (Å²) < 4.78 is 1.00. The second kappa shape index (κ2) is 3.31. The minimum Gasteiger partial charge on any atom is -0.397 e. The number of benzene rings is 1. The van der Waals surface area contributed by atoms with Crippen LogP contribution >= 0.6 is 34.2 Å². The first-order chi connectivity index (χ1) is 6.18. The first kappa shape index (κ1) is 9.02. The molecular weight excluding hydrogens is 298 g/mol. The van der Waals surface area contributed by atoms with Crippen molar-refractivity contribution < 1.29 is 0 Å². The second-order valence-electron chi connectivity index (χ2n) is 2.69. The monoisotopic (exact) mass is 304 g/mol. The van der Waals surface area contributed by atoms with Gasteiger partial charge in [-0.3, -0.25) is 4.98 Å². The van der Waals surface area contributed by atoms with Gasteiger partial charge in [-0.1, -0.05) is 11.6 Å². The van der Waals surface area contributed by atoms with Crippen LogP contribution in [-0.4, -0.2) is 4.98 Å². The van der Waals surface area contributed by atoms with E-state index in [4.69, 9.17) is 17.3 Å². The Kier molecular flexibility index (Phi) is 2.29. The molecule has 0 unspecified atom stereocenters. The normalized spacial score (nSPS) is 10.6. The smallest absolute Gasteiger partial charge is 0.0715 e. The van der Waals surface area contributed by atoms with E-state index in [9.17, 15) is 0 Å². The Balaban J connectivity index is 2.89. The predicted molar refractivity (Wildman–Crippen MR) is 63.9 cm³/mol. The van der Waals surface area contributed by atoms with E-state index < -0.39 is 0 Å². The van der Waals surface area contributed by atoms with Gasteiger partial charge >= 0.3 is 0 Å². The standard InChI is InChI=1S/C9H6ClIN2/c10-5-1-2-8-6(3-5)9(11)7(12)4-13-8/h1-4H,12H2. The summed E-state index contributed by atoms with van der Waals surface area (Å²) in [6.07, 6.45) is 1.66. The number of halogens is 2. The summed E-state index contributed by atoms with van der Waals surface area (Å²) in [5.41, 5.74) is 7.33. The van der Waals surface area contributed by atoms with Crippen LogP contribution in [0.5, 0.6) is 0 Å². The summed E-state index contributed by atoms with van der Waals surface area (Å²) in [7, 11) is 0. The number of anilines is 1. The van der Waals surface area contributed by atoms with Crippen LogP contribution in [0.15, 0.2) is 24.4 Å². The van der Waals surface area contributed by atoms with Gasteiger partial charge in [-0.05, 0) is 40.8 Å². The molecule has 0 fully saturated rings. The van der Waals surface area contributed by atoms with Gasteiger partial charge in [-0.15, -0.1) is 0 Å². The number of fused-ring (bicyclic) bond motifs is 1. The minimum absolute atomic E-state index is 0.690. The third-order valence-electron chi connectivity index (χ3n) is 1.79. The maximum absolute atomic E-state index is 5.87. The van der Waals surface area contributed by atoms with Crippen molar-refractivity contribution in [3.05, 3.63) is 33.0 Å². The number of aromatic nitrogens is 1.